The highest BCUT2D eigenvalue weighted by Crippen LogP contribution is 2.37. The molecule has 4 nitrogen and oxygen atoms in total. The van der Waals surface area contributed by atoms with Gasteiger partial charge in [-0.15, -0.1) is 11.3 Å². The van der Waals surface area contributed by atoms with E-state index < -0.39 is 113 Å². The predicted octanol–water partition coefficient (Wildman–Crippen LogP) is 12.5. The van der Waals surface area contributed by atoms with Crippen LogP contribution < -0.4 is 0 Å². The monoisotopic (exact) mass is 672 g/mol. The molecule has 0 spiro atoms. The highest BCUT2D eigenvalue weighted by atomic mass is 32.1. The fraction of sp³-hybridized carbons (Fsp3) is 0. The highest BCUT2D eigenvalue weighted by molar-refractivity contribution is 7.25. The van der Waals surface area contributed by atoms with Crippen molar-refractivity contribution in [2.45, 2.75) is 0 Å². The van der Waals surface area contributed by atoms with Gasteiger partial charge in [0.1, 0.15) is 11.2 Å². The Morgan fingerprint density at radius 2 is 1.00 bits per heavy atom. The molecule has 10 rings (SSSR count). The Bertz CT molecular complexity index is 3680. The Morgan fingerprint density at radius 1 is 0.420 bits per heavy atom. The summed E-state index contributed by atoms with van der Waals surface area (Å²) in [4.78, 5) is 14.0. The van der Waals surface area contributed by atoms with Crippen LogP contribution in [-0.2, 0) is 0 Å². The van der Waals surface area contributed by atoms with Gasteiger partial charge in [-0.3, -0.25) is 0 Å². The summed E-state index contributed by atoms with van der Waals surface area (Å²) in [5.74, 6) is 0.0915. The molecule has 0 amide bonds. The minimum atomic E-state index is -0.813. The van der Waals surface area contributed by atoms with Crippen LogP contribution in [0.5, 0.6) is 0 Å². The minimum absolute atomic E-state index is 0.00909. The van der Waals surface area contributed by atoms with E-state index in [2.05, 4.69) is 9.97 Å². The summed E-state index contributed by atoms with van der Waals surface area (Å²) in [7, 11) is 0. The van der Waals surface area contributed by atoms with Crippen LogP contribution in [0.3, 0.4) is 0 Å². The first-order chi connectivity index (χ1) is 31.0. The molecule has 3 aromatic heterocycles. The van der Waals surface area contributed by atoms with Crippen LogP contribution in [0.4, 0.5) is 0 Å². The minimum Gasteiger partial charge on any atom is -0.456 e. The second-order valence-electron chi connectivity index (χ2n) is 11.2. The highest BCUT2D eigenvalue weighted by Gasteiger charge is 2.15. The van der Waals surface area contributed by atoms with E-state index >= 15 is 0 Å². The third-order valence-corrected chi connectivity index (χ3v) is 9.18. The summed E-state index contributed by atoms with van der Waals surface area (Å²) in [6.07, 6.45) is 0. The molecule has 10 aromatic rings. The fourth-order valence-corrected chi connectivity index (χ4v) is 6.66. The number of nitrogens with zero attached hydrogens (tertiary/aromatic N) is 3. The van der Waals surface area contributed by atoms with Gasteiger partial charge in [0.25, 0.3) is 0 Å². The van der Waals surface area contributed by atoms with Crippen molar-refractivity contribution in [2.75, 3.05) is 0 Å². The van der Waals surface area contributed by atoms with Crippen LogP contribution >= 0.6 is 11.3 Å². The lowest BCUT2D eigenvalue weighted by molar-refractivity contribution is 0.669. The first kappa shape index (κ1) is 17.3. The van der Waals surface area contributed by atoms with E-state index in [4.69, 9.17) is 23.1 Å². The SMILES string of the molecule is [2H]c1c([2H])c(-c2c([2H])c([2H])c(-c3c([2H])c([2H])c4sc5c([2H])c([2H])c([2H])c([2H])c5c4c3[2H])c([2H])c2[2H])c([2H])c([2H])c1-c1nc(-c2ccccc2)nc(-c2ccc3c(c2)oc2ccccc23)n1. The zero-order valence-electron chi connectivity index (χ0n) is 40.6. The number of fused-ring (bicyclic) bond motifs is 6. The average Bonchev–Trinajstić information content (AvgIpc) is 3.90. The Morgan fingerprint density at radius 3 is 1.78 bits per heavy atom. The van der Waals surface area contributed by atoms with Gasteiger partial charge in [-0.2, -0.15) is 0 Å². The Hall–Kier alpha value is -6.43. The molecule has 0 fully saturated rings. The Balaban J connectivity index is 1.16. The van der Waals surface area contributed by atoms with Crippen molar-refractivity contribution < 1.29 is 25.0 Å². The Labute approximate surface area is 313 Å². The number of furan rings is 1. The fourth-order valence-electron chi connectivity index (χ4n) is 5.74. The second-order valence-corrected chi connectivity index (χ2v) is 12.3. The van der Waals surface area contributed by atoms with Crippen LogP contribution in [0.25, 0.3) is 98.5 Å². The molecule has 0 N–H and O–H groups in total. The van der Waals surface area contributed by atoms with E-state index in [0.717, 1.165) is 22.1 Å². The standard InChI is InChI=1S/C45H27N3OS/c1-2-8-31(9-3-1)43-46-44(48-45(47-43)34-22-24-36-35-10-4-6-12-39(35)49-40(36)27-34)32-20-18-29(19-21-32)28-14-16-30(17-15-28)33-23-25-42-38(26-33)37-11-5-7-13-41(37)50-42/h1-27H/i5D,7D,11D,13D,14D,15D,16D,17D,18D,19D,20D,21D,23D,25D,26D. The number of hydrogen-bond acceptors (Lipinski definition) is 5. The lowest BCUT2D eigenvalue weighted by atomic mass is 9.98. The van der Waals surface area contributed by atoms with E-state index in [1.165, 1.54) is 0 Å². The summed E-state index contributed by atoms with van der Waals surface area (Å²) >= 11 is 0.804. The number of hydrogen-bond donors (Lipinski definition) is 0. The molecular weight excluding hydrogens is 631 g/mol. The number of aromatic nitrogens is 3. The van der Waals surface area contributed by atoms with Crippen molar-refractivity contribution in [3.05, 3.63) is 163 Å². The van der Waals surface area contributed by atoms with Crippen molar-refractivity contribution >= 4 is 53.4 Å². The molecule has 0 unspecified atom stereocenters. The summed E-state index contributed by atoms with van der Waals surface area (Å²) in [6.45, 7) is 0. The van der Waals surface area contributed by atoms with Crippen LogP contribution in [0, 0.1) is 0 Å². The maximum absolute atomic E-state index is 9.23. The zero-order chi connectivity index (χ0) is 46.1. The number of rotatable bonds is 5. The number of thiophene rings is 1. The van der Waals surface area contributed by atoms with Gasteiger partial charge in [-0.25, -0.2) is 15.0 Å². The third kappa shape index (κ3) is 4.95. The lowest BCUT2D eigenvalue weighted by Gasteiger charge is -2.09. The number of para-hydroxylation sites is 1. The van der Waals surface area contributed by atoms with Crippen LogP contribution in [0.15, 0.2) is 168 Å². The van der Waals surface area contributed by atoms with Crippen molar-refractivity contribution in [3.8, 4) is 56.4 Å². The van der Waals surface area contributed by atoms with Gasteiger partial charge >= 0.3 is 0 Å². The summed E-state index contributed by atoms with van der Waals surface area (Å²) in [5, 5.41) is 1.57. The van der Waals surface area contributed by atoms with E-state index in [1.807, 2.05) is 36.4 Å². The topological polar surface area (TPSA) is 51.8 Å². The van der Waals surface area contributed by atoms with Gasteiger partial charge in [0, 0.05) is 47.6 Å². The predicted molar refractivity (Wildman–Crippen MR) is 207 cm³/mol. The van der Waals surface area contributed by atoms with E-state index in [-0.39, 0.29) is 43.2 Å². The van der Waals surface area contributed by atoms with Gasteiger partial charge in [-0.05, 0) is 58.6 Å². The molecule has 234 valence electrons. The van der Waals surface area contributed by atoms with Crippen LogP contribution in [-0.4, -0.2) is 15.0 Å². The van der Waals surface area contributed by atoms with Crippen molar-refractivity contribution in [1.82, 2.24) is 15.0 Å². The van der Waals surface area contributed by atoms with Gasteiger partial charge < -0.3 is 4.42 Å². The second kappa shape index (κ2) is 11.6. The van der Waals surface area contributed by atoms with Crippen molar-refractivity contribution in [1.29, 1.82) is 0 Å². The maximum atomic E-state index is 9.23. The van der Waals surface area contributed by atoms with Gasteiger partial charge in [0.15, 0.2) is 17.5 Å². The molecule has 0 radical (unpaired) electrons. The largest absolute Gasteiger partial charge is 0.456 e. The van der Waals surface area contributed by atoms with Crippen molar-refractivity contribution in [3.63, 3.8) is 0 Å². The van der Waals surface area contributed by atoms with Crippen LogP contribution in [0.2, 0.25) is 0 Å². The molecule has 0 aliphatic heterocycles. The molecule has 50 heavy (non-hydrogen) atoms. The van der Waals surface area contributed by atoms with E-state index in [1.54, 1.807) is 36.4 Å². The normalized spacial score (nSPS) is 15.8. The van der Waals surface area contributed by atoms with E-state index in [0.29, 0.717) is 22.3 Å². The summed E-state index contributed by atoms with van der Waals surface area (Å²) in [5.41, 5.74) is -0.218. The molecule has 0 atom stereocenters. The molecular formula is C45H27N3OS. The quantitative estimate of drug-likeness (QED) is 0.183. The van der Waals surface area contributed by atoms with Crippen LogP contribution in [0.1, 0.15) is 20.6 Å². The molecule has 5 heteroatoms. The lowest BCUT2D eigenvalue weighted by Crippen LogP contribution is -2.00. The zero-order valence-corrected chi connectivity index (χ0v) is 26.4. The molecule has 0 aliphatic carbocycles. The average molecular weight is 673 g/mol. The molecule has 0 aliphatic rings. The molecule has 3 heterocycles. The molecule has 0 saturated carbocycles. The first-order valence-electron chi connectivity index (χ1n) is 22.9. The molecule has 7 aromatic carbocycles. The van der Waals surface area contributed by atoms with Gasteiger partial charge in [-0.1, -0.05) is 127 Å². The molecule has 0 bridgehead atoms. The van der Waals surface area contributed by atoms with Gasteiger partial charge in [0.05, 0.1) is 20.6 Å². The summed E-state index contributed by atoms with van der Waals surface area (Å²) < 4.78 is 140. The maximum Gasteiger partial charge on any atom is 0.164 e. The van der Waals surface area contributed by atoms with Crippen molar-refractivity contribution in [2.24, 2.45) is 0 Å². The third-order valence-electron chi connectivity index (χ3n) is 8.16. The first-order valence-corrected chi connectivity index (χ1v) is 16.2. The van der Waals surface area contributed by atoms with Gasteiger partial charge in [0.2, 0.25) is 0 Å². The smallest absolute Gasteiger partial charge is 0.164 e. The number of benzene rings is 7. The summed E-state index contributed by atoms with van der Waals surface area (Å²) in [6, 6.07) is 12.2. The Kier molecular flexibility index (Phi) is 4.02. The molecule has 0 saturated heterocycles. The van der Waals surface area contributed by atoms with E-state index in [9.17, 15) is 6.85 Å².